The van der Waals surface area contributed by atoms with Crippen LogP contribution in [0, 0.1) is 11.7 Å². The molecule has 0 aliphatic carbocycles. The Morgan fingerprint density at radius 1 is 1.36 bits per heavy atom. The van der Waals surface area contributed by atoms with E-state index in [0.717, 1.165) is 13.1 Å². The van der Waals surface area contributed by atoms with Gasteiger partial charge in [-0.2, -0.15) is 0 Å². The molecule has 4 heterocycles. The average Bonchev–Trinajstić information content (AvgIpc) is 3.15. The normalized spacial score (nSPS) is 27.6. The van der Waals surface area contributed by atoms with Gasteiger partial charge in [0.1, 0.15) is 0 Å². The summed E-state index contributed by atoms with van der Waals surface area (Å²) in [5.41, 5.74) is 6.00. The molecule has 8 heteroatoms. The third-order valence-corrected chi connectivity index (χ3v) is 6.67. The molecule has 2 aliphatic rings. The van der Waals surface area contributed by atoms with Gasteiger partial charge in [-0.25, -0.2) is 14.4 Å². The first kappa shape index (κ1) is 14.0. The first-order chi connectivity index (χ1) is 10.7. The van der Waals surface area contributed by atoms with E-state index in [0.29, 0.717) is 23.6 Å². The molecule has 2 atom stereocenters. The smallest absolute Gasteiger partial charge is 0.225 e. The van der Waals surface area contributed by atoms with Crippen LogP contribution < -0.4 is 10.6 Å². The molecule has 5 nitrogen and oxygen atoms in total. The lowest BCUT2D eigenvalue weighted by atomic mass is 9.93. The Balaban J connectivity index is 1.71. The summed E-state index contributed by atoms with van der Waals surface area (Å²) in [5.74, 6) is 0.485. The number of rotatable bonds is 2. The Bertz CT molecular complexity index is 703. The van der Waals surface area contributed by atoms with E-state index in [1.807, 2.05) is 0 Å². The maximum absolute atomic E-state index is 13.0. The number of aromatic nitrogens is 2. The Kier molecular flexibility index (Phi) is 3.30. The lowest BCUT2D eigenvalue weighted by molar-refractivity contribution is 0.494. The van der Waals surface area contributed by atoms with Crippen molar-refractivity contribution in [3.05, 3.63) is 40.6 Å². The summed E-state index contributed by atoms with van der Waals surface area (Å²) in [6, 6.07) is 4.21. The molecule has 2 N–H and O–H groups in total. The van der Waals surface area contributed by atoms with Crippen LogP contribution in [0.15, 0.2) is 34.9 Å². The van der Waals surface area contributed by atoms with Crippen LogP contribution in [-0.2, 0) is 4.75 Å². The highest BCUT2D eigenvalue weighted by atomic mass is 32.2. The van der Waals surface area contributed by atoms with E-state index in [1.165, 1.54) is 17.3 Å². The van der Waals surface area contributed by atoms with Crippen molar-refractivity contribution in [3.63, 3.8) is 0 Å². The van der Waals surface area contributed by atoms with Crippen molar-refractivity contribution in [1.29, 1.82) is 0 Å². The van der Waals surface area contributed by atoms with E-state index in [-0.39, 0.29) is 4.75 Å². The van der Waals surface area contributed by atoms with Crippen molar-refractivity contribution < 1.29 is 4.39 Å². The molecule has 2 aliphatic heterocycles. The topological polar surface area (TPSA) is 67.4 Å². The Hall–Kier alpha value is -1.67. The van der Waals surface area contributed by atoms with Crippen molar-refractivity contribution in [2.45, 2.75) is 4.75 Å². The van der Waals surface area contributed by atoms with Gasteiger partial charge in [0, 0.05) is 30.4 Å². The molecule has 0 amide bonds. The molecule has 4 rings (SSSR count). The molecule has 0 radical (unpaired) electrons. The molecule has 1 fully saturated rings. The fraction of sp³-hybridized carbons (Fsp3) is 0.357. The number of hydrogen-bond acceptors (Lipinski definition) is 7. The number of hydrogen-bond donors (Lipinski definition) is 1. The molecule has 0 saturated carbocycles. The molecule has 0 aromatic carbocycles. The first-order valence-electron chi connectivity index (χ1n) is 6.93. The van der Waals surface area contributed by atoms with Crippen molar-refractivity contribution in [2.75, 3.05) is 24.5 Å². The van der Waals surface area contributed by atoms with Crippen molar-refractivity contribution in [2.24, 2.45) is 16.6 Å². The Morgan fingerprint density at radius 3 is 2.91 bits per heavy atom. The fourth-order valence-electron chi connectivity index (χ4n) is 3.10. The summed E-state index contributed by atoms with van der Waals surface area (Å²) in [4.78, 5) is 16.0. The van der Waals surface area contributed by atoms with Crippen LogP contribution in [0.2, 0.25) is 0 Å². The van der Waals surface area contributed by atoms with Gasteiger partial charge in [0.15, 0.2) is 11.0 Å². The number of nitrogens with zero attached hydrogens (tertiary/aromatic N) is 4. The highest BCUT2D eigenvalue weighted by molar-refractivity contribution is 8.14. The summed E-state index contributed by atoms with van der Waals surface area (Å²) in [6.45, 7) is 2.26. The molecular formula is C14H14FN5S2. The van der Waals surface area contributed by atoms with E-state index in [9.17, 15) is 4.39 Å². The lowest BCUT2D eigenvalue weighted by Crippen LogP contribution is -2.38. The van der Waals surface area contributed by atoms with E-state index in [1.54, 1.807) is 23.1 Å². The maximum Gasteiger partial charge on any atom is 0.225 e. The van der Waals surface area contributed by atoms with Gasteiger partial charge in [-0.1, -0.05) is 17.8 Å². The predicted octanol–water partition coefficient (Wildman–Crippen LogP) is 2.07. The molecule has 2 aromatic rings. The number of aliphatic imine (C=N–C) groups is 1. The van der Waals surface area contributed by atoms with Gasteiger partial charge in [0.05, 0.1) is 17.1 Å². The highest BCUT2D eigenvalue weighted by Crippen LogP contribution is 2.52. The minimum absolute atomic E-state index is 0.113. The van der Waals surface area contributed by atoms with E-state index in [2.05, 4.69) is 37.4 Å². The van der Waals surface area contributed by atoms with Crippen LogP contribution in [0.1, 0.15) is 4.88 Å². The van der Waals surface area contributed by atoms with Gasteiger partial charge in [-0.05, 0) is 11.4 Å². The van der Waals surface area contributed by atoms with Gasteiger partial charge in [-0.15, -0.1) is 11.3 Å². The summed E-state index contributed by atoms with van der Waals surface area (Å²) in [7, 11) is 0. The number of amidine groups is 1. The number of anilines is 1. The van der Waals surface area contributed by atoms with Crippen LogP contribution in [0.4, 0.5) is 10.3 Å². The summed E-state index contributed by atoms with van der Waals surface area (Å²) < 4.78 is 12.9. The van der Waals surface area contributed by atoms with E-state index < -0.39 is 5.82 Å². The second kappa shape index (κ2) is 5.20. The second-order valence-corrected chi connectivity index (χ2v) is 7.73. The number of thioether (sulfide) groups is 1. The first-order valence-corrected chi connectivity index (χ1v) is 8.62. The zero-order valence-corrected chi connectivity index (χ0v) is 13.3. The summed E-state index contributed by atoms with van der Waals surface area (Å²) >= 11 is 3.37. The number of thiophene rings is 1. The molecule has 0 unspecified atom stereocenters. The van der Waals surface area contributed by atoms with Gasteiger partial charge in [0.25, 0.3) is 0 Å². The third-order valence-electron chi connectivity index (χ3n) is 4.11. The number of halogens is 1. The average molecular weight is 335 g/mol. The lowest BCUT2D eigenvalue weighted by Gasteiger charge is -2.34. The van der Waals surface area contributed by atoms with Crippen molar-refractivity contribution >= 4 is 34.2 Å². The van der Waals surface area contributed by atoms with Gasteiger partial charge in [-0.3, -0.25) is 4.99 Å². The molecular weight excluding hydrogens is 321 g/mol. The molecule has 0 spiro atoms. The van der Waals surface area contributed by atoms with Gasteiger partial charge in [0.2, 0.25) is 5.95 Å². The second-order valence-electron chi connectivity index (χ2n) is 5.43. The quantitative estimate of drug-likeness (QED) is 0.910. The zero-order valence-electron chi connectivity index (χ0n) is 11.6. The van der Waals surface area contributed by atoms with Crippen LogP contribution in [0.25, 0.3) is 0 Å². The minimum atomic E-state index is -0.421. The van der Waals surface area contributed by atoms with Crippen molar-refractivity contribution in [3.8, 4) is 0 Å². The van der Waals surface area contributed by atoms with Crippen LogP contribution in [0.3, 0.4) is 0 Å². The Labute approximate surface area is 135 Å². The van der Waals surface area contributed by atoms with Crippen LogP contribution >= 0.6 is 23.1 Å². The predicted molar refractivity (Wildman–Crippen MR) is 87.8 cm³/mol. The number of fused-ring (bicyclic) bond motifs is 1. The largest absolute Gasteiger partial charge is 0.379 e. The molecule has 2 aromatic heterocycles. The summed E-state index contributed by atoms with van der Waals surface area (Å²) in [5, 5.41) is 2.72. The monoisotopic (exact) mass is 335 g/mol. The Morgan fingerprint density at radius 2 is 2.18 bits per heavy atom. The maximum atomic E-state index is 13.0. The molecule has 114 valence electrons. The van der Waals surface area contributed by atoms with Crippen molar-refractivity contribution in [1.82, 2.24) is 9.97 Å². The zero-order chi connectivity index (χ0) is 15.2. The van der Waals surface area contributed by atoms with Crippen LogP contribution in [-0.4, -0.2) is 34.8 Å². The minimum Gasteiger partial charge on any atom is -0.379 e. The molecule has 0 bridgehead atoms. The third kappa shape index (κ3) is 2.17. The van der Waals surface area contributed by atoms with Gasteiger partial charge >= 0.3 is 0 Å². The van der Waals surface area contributed by atoms with E-state index in [4.69, 9.17) is 5.73 Å². The molecule has 22 heavy (non-hydrogen) atoms. The van der Waals surface area contributed by atoms with Gasteiger partial charge < -0.3 is 10.6 Å². The summed E-state index contributed by atoms with van der Waals surface area (Å²) in [6.07, 6.45) is 2.42. The fourth-order valence-corrected chi connectivity index (χ4v) is 5.48. The van der Waals surface area contributed by atoms with Crippen LogP contribution in [0.5, 0.6) is 0 Å². The number of nitrogens with two attached hydrogens (primary N) is 1. The highest BCUT2D eigenvalue weighted by Gasteiger charge is 2.52. The standard InChI is InChI=1S/C14H14FN5S2/c15-10-5-18-13(19-6-10)20-7-9-4-17-12(16)22-14(9,8-20)11-2-1-3-21-11/h1-3,5-6,9H,4,7-8H2,(H2,16,17)/t9-,14-/m0/s1. The molecule has 1 saturated heterocycles. The van der Waals surface area contributed by atoms with E-state index >= 15 is 0 Å². The SMILES string of the molecule is NC1=NC[C@H]2CN(c3ncc(F)cn3)C[C@]2(c2cccs2)S1.